The van der Waals surface area contributed by atoms with Crippen LogP contribution in [0.2, 0.25) is 10.0 Å². The second kappa shape index (κ2) is 15.3. The number of fused-ring (bicyclic) bond motifs is 1. The molecule has 0 radical (unpaired) electrons. The molecule has 3 aliphatic rings. The predicted molar refractivity (Wildman–Crippen MR) is 186 cm³/mol. The minimum Gasteiger partial charge on any atom is -0.377 e. The maximum Gasteiger partial charge on any atom is 0.257 e. The molecular weight excluding hydrogens is 655 g/mol. The number of likely N-dealkylation sites (tertiary alicyclic amines) is 2. The first-order valence-corrected chi connectivity index (χ1v) is 17.4. The van der Waals surface area contributed by atoms with Crippen LogP contribution >= 0.6 is 23.2 Å². The third-order valence-corrected chi connectivity index (χ3v) is 11.0. The molecule has 3 heterocycles. The van der Waals surface area contributed by atoms with Gasteiger partial charge < -0.3 is 33.8 Å². The number of aryl methyl sites for hydroxylation is 1. The lowest BCUT2D eigenvalue weighted by Crippen LogP contribution is -2.41. The number of ether oxygens (including phenoxy) is 3. The Hall–Kier alpha value is -2.99. The van der Waals surface area contributed by atoms with Gasteiger partial charge in [-0.15, -0.1) is 0 Å². The van der Waals surface area contributed by atoms with Gasteiger partial charge in [-0.3, -0.25) is 14.5 Å². The van der Waals surface area contributed by atoms with Crippen molar-refractivity contribution in [2.24, 2.45) is 13.0 Å². The molecule has 1 aromatic heterocycles. The lowest BCUT2D eigenvalue weighted by molar-refractivity contribution is -0.133. The summed E-state index contributed by atoms with van der Waals surface area (Å²) < 4.78 is 19.6. The number of nitrogens with one attached hydrogen (secondary N) is 1. The molecule has 2 saturated heterocycles. The summed E-state index contributed by atoms with van der Waals surface area (Å²) in [5.41, 5.74) is 2.44. The highest BCUT2D eigenvalue weighted by molar-refractivity contribution is 6.36. The Balaban J connectivity index is 1.15. The highest BCUT2D eigenvalue weighted by Gasteiger charge is 2.43. The average Bonchev–Trinajstić information content (AvgIpc) is 3.81. The van der Waals surface area contributed by atoms with E-state index in [9.17, 15) is 14.4 Å². The first-order chi connectivity index (χ1) is 23.2. The van der Waals surface area contributed by atoms with Gasteiger partial charge in [0.2, 0.25) is 5.91 Å². The van der Waals surface area contributed by atoms with Crippen LogP contribution in [0.3, 0.4) is 0 Å². The van der Waals surface area contributed by atoms with Gasteiger partial charge in [-0.05, 0) is 55.9 Å². The number of aromatic nitrogens is 1. The summed E-state index contributed by atoms with van der Waals surface area (Å²) in [6.07, 6.45) is 7.09. The largest absolute Gasteiger partial charge is 0.377 e. The van der Waals surface area contributed by atoms with Gasteiger partial charge in [-0.25, -0.2) is 0 Å². The number of carbonyl (C=O) groups excluding carboxylic acids is 3. The van der Waals surface area contributed by atoms with Gasteiger partial charge in [0.25, 0.3) is 5.91 Å². The Morgan fingerprint density at radius 3 is 2.38 bits per heavy atom. The Kier molecular flexibility index (Phi) is 11.1. The molecule has 4 atom stereocenters. The molecule has 2 aliphatic heterocycles. The Bertz CT molecular complexity index is 1630. The van der Waals surface area contributed by atoms with Crippen molar-refractivity contribution in [1.29, 1.82) is 0 Å². The number of hydrogen-bond donors (Lipinski definition) is 1. The zero-order chi connectivity index (χ0) is 33.9. The van der Waals surface area contributed by atoms with E-state index in [2.05, 4.69) is 10.2 Å². The second-order valence-electron chi connectivity index (χ2n) is 13.3. The summed E-state index contributed by atoms with van der Waals surface area (Å²) in [5.74, 6) is -0.245. The standard InChI is InChI=1S/C36H44Cl2N4O6/c1-40-17-28(27-6-4-5-7-32(27)40)36(45)39-31-15-29(37)23(12-30(31)38)13-35(44)42-16-24(41-18-33(46-2)34(19-41)47-3)14-25(42)21-48-26-10-8-22(20-43)9-11-26/h4-7,12,15,17,20,22,24-26,33-34H,8-11,13-14,16,18-19,21H2,1-3H3,(H,39,45)/t22-,24-,25-,26-,33-,34+/m0/s1. The van der Waals surface area contributed by atoms with E-state index in [1.54, 1.807) is 32.5 Å². The molecule has 1 aliphatic carbocycles. The normalized spacial score (nSPS) is 26.3. The van der Waals surface area contributed by atoms with Crippen LogP contribution in [0.4, 0.5) is 5.69 Å². The fourth-order valence-electron chi connectivity index (χ4n) is 7.58. The first kappa shape index (κ1) is 34.9. The van der Waals surface area contributed by atoms with Crippen molar-refractivity contribution in [3.8, 4) is 0 Å². The lowest BCUT2D eigenvalue weighted by Gasteiger charge is -2.29. The Labute approximate surface area is 291 Å². The van der Waals surface area contributed by atoms with Crippen molar-refractivity contribution in [2.75, 3.05) is 45.8 Å². The van der Waals surface area contributed by atoms with E-state index in [0.717, 1.165) is 62.4 Å². The number of aldehydes is 1. The van der Waals surface area contributed by atoms with E-state index in [-0.39, 0.29) is 54.5 Å². The molecule has 0 unspecified atom stereocenters. The molecule has 0 spiro atoms. The topological polar surface area (TPSA) is 102 Å². The molecule has 48 heavy (non-hydrogen) atoms. The van der Waals surface area contributed by atoms with Crippen molar-refractivity contribution < 1.29 is 28.6 Å². The molecule has 3 fully saturated rings. The number of hydrogen-bond acceptors (Lipinski definition) is 7. The van der Waals surface area contributed by atoms with E-state index >= 15 is 0 Å². The van der Waals surface area contributed by atoms with Crippen LogP contribution in [0.5, 0.6) is 0 Å². The number of amides is 2. The summed E-state index contributed by atoms with van der Waals surface area (Å²) in [6, 6.07) is 11.0. The van der Waals surface area contributed by atoms with Crippen LogP contribution < -0.4 is 5.32 Å². The van der Waals surface area contributed by atoms with Crippen molar-refractivity contribution >= 4 is 57.9 Å². The van der Waals surface area contributed by atoms with E-state index in [1.165, 1.54) is 0 Å². The minimum atomic E-state index is -0.299. The van der Waals surface area contributed by atoms with Crippen LogP contribution in [-0.2, 0) is 37.3 Å². The summed E-state index contributed by atoms with van der Waals surface area (Å²) in [6.45, 7) is 2.46. The predicted octanol–water partition coefficient (Wildman–Crippen LogP) is 5.37. The molecule has 12 heteroatoms. The van der Waals surface area contributed by atoms with Gasteiger partial charge in [0.1, 0.15) is 6.29 Å². The Morgan fingerprint density at radius 2 is 1.69 bits per heavy atom. The van der Waals surface area contributed by atoms with E-state index < -0.39 is 0 Å². The molecule has 0 bridgehead atoms. The van der Waals surface area contributed by atoms with Crippen LogP contribution in [0.25, 0.3) is 10.9 Å². The molecule has 2 aromatic carbocycles. The van der Waals surface area contributed by atoms with Gasteiger partial charge >= 0.3 is 0 Å². The van der Waals surface area contributed by atoms with Crippen LogP contribution in [0.1, 0.15) is 48.0 Å². The third-order valence-electron chi connectivity index (χ3n) is 10.4. The van der Waals surface area contributed by atoms with Crippen molar-refractivity contribution in [2.45, 2.75) is 68.9 Å². The average molecular weight is 700 g/mol. The number of anilines is 1. The van der Waals surface area contributed by atoms with Crippen LogP contribution in [0.15, 0.2) is 42.6 Å². The molecule has 258 valence electrons. The van der Waals surface area contributed by atoms with Gasteiger partial charge in [0.15, 0.2) is 0 Å². The molecule has 3 aromatic rings. The minimum absolute atomic E-state index is 0.0250. The van der Waals surface area contributed by atoms with Gasteiger partial charge in [0.05, 0.1) is 53.7 Å². The highest BCUT2D eigenvalue weighted by atomic mass is 35.5. The number of rotatable bonds is 11. The van der Waals surface area contributed by atoms with E-state index in [1.807, 2.05) is 40.8 Å². The maximum absolute atomic E-state index is 14.0. The highest BCUT2D eigenvalue weighted by Crippen LogP contribution is 2.34. The number of para-hydroxylation sites is 1. The second-order valence-corrected chi connectivity index (χ2v) is 14.1. The number of nitrogens with zero attached hydrogens (tertiary/aromatic N) is 3. The lowest BCUT2D eigenvalue weighted by atomic mass is 9.88. The van der Waals surface area contributed by atoms with Gasteiger partial charge in [-0.2, -0.15) is 0 Å². The molecule has 10 nitrogen and oxygen atoms in total. The SMILES string of the molecule is CO[C@H]1CN([C@H]2C[C@@H](CO[C@H]3CC[C@H](C=O)CC3)N(C(=O)Cc3cc(Cl)c(NC(=O)c4cn(C)c5ccccc45)cc3Cl)C2)C[C@H]1OC. The third kappa shape index (κ3) is 7.44. The smallest absolute Gasteiger partial charge is 0.257 e. The van der Waals surface area contributed by atoms with Crippen LogP contribution in [0, 0.1) is 5.92 Å². The first-order valence-electron chi connectivity index (χ1n) is 16.7. The summed E-state index contributed by atoms with van der Waals surface area (Å²) >= 11 is 13.4. The van der Waals surface area contributed by atoms with Crippen LogP contribution in [-0.4, -0.2) is 103 Å². The van der Waals surface area contributed by atoms with E-state index in [4.69, 9.17) is 37.4 Å². The number of benzene rings is 2. The van der Waals surface area contributed by atoms with E-state index in [0.29, 0.717) is 40.0 Å². The van der Waals surface area contributed by atoms with Gasteiger partial charge in [0, 0.05) is 75.0 Å². The fourth-order valence-corrected chi connectivity index (χ4v) is 8.04. The molecule has 1 saturated carbocycles. The van der Waals surface area contributed by atoms with Crippen molar-refractivity contribution in [3.63, 3.8) is 0 Å². The molecular formula is C36H44Cl2N4O6. The molecule has 6 rings (SSSR count). The van der Waals surface area contributed by atoms with Gasteiger partial charge in [-0.1, -0.05) is 41.4 Å². The number of methoxy groups -OCH3 is 2. The molecule has 1 N–H and O–H groups in total. The molecule has 2 amide bonds. The Morgan fingerprint density at radius 1 is 0.979 bits per heavy atom. The monoisotopic (exact) mass is 698 g/mol. The number of halogens is 2. The summed E-state index contributed by atoms with van der Waals surface area (Å²) in [7, 11) is 5.30. The maximum atomic E-state index is 14.0. The van der Waals surface area contributed by atoms with Crippen molar-refractivity contribution in [3.05, 3.63) is 63.8 Å². The summed E-state index contributed by atoms with van der Waals surface area (Å²) in [4.78, 5) is 42.8. The zero-order valence-corrected chi connectivity index (χ0v) is 29.2. The quantitative estimate of drug-likeness (QED) is 0.269. The zero-order valence-electron chi connectivity index (χ0n) is 27.7. The number of carbonyl (C=O) groups is 3. The van der Waals surface area contributed by atoms with Crippen molar-refractivity contribution in [1.82, 2.24) is 14.4 Å². The fraction of sp³-hybridized carbons (Fsp3) is 0.528. The summed E-state index contributed by atoms with van der Waals surface area (Å²) in [5, 5.41) is 4.38.